The van der Waals surface area contributed by atoms with Gasteiger partial charge in [-0.25, -0.2) is 19.0 Å². The second-order valence-electron chi connectivity index (χ2n) is 4.75. The van der Waals surface area contributed by atoms with Gasteiger partial charge in [0.25, 0.3) is 10.0 Å². The summed E-state index contributed by atoms with van der Waals surface area (Å²) in [6.45, 7) is 3.70. The number of ether oxygens (including phenoxy) is 1. The third-order valence-electron chi connectivity index (χ3n) is 2.85. The molecule has 0 spiro atoms. The number of fused-ring (bicyclic) bond motifs is 1. The van der Waals surface area contributed by atoms with Gasteiger partial charge in [-0.1, -0.05) is 0 Å². The van der Waals surface area contributed by atoms with Gasteiger partial charge >= 0.3 is 0 Å². The average Bonchev–Trinajstić information content (AvgIpc) is 2.95. The highest BCUT2D eigenvalue weighted by Gasteiger charge is 2.28. The molecule has 4 N–H and O–H groups in total. The number of rotatable bonds is 6. The van der Waals surface area contributed by atoms with Crippen molar-refractivity contribution in [3.8, 4) is 0 Å². The molecule has 8 nitrogen and oxygen atoms in total. The van der Waals surface area contributed by atoms with Crippen LogP contribution in [0.15, 0.2) is 16.6 Å². The van der Waals surface area contributed by atoms with Crippen molar-refractivity contribution in [2.75, 3.05) is 19.1 Å². The lowest BCUT2D eigenvalue weighted by atomic mass is 10.1. The molecule has 20 heavy (non-hydrogen) atoms. The fourth-order valence-corrected chi connectivity index (χ4v) is 3.74. The molecule has 0 aliphatic rings. The Balaban J connectivity index is 2.38. The van der Waals surface area contributed by atoms with Gasteiger partial charge in [0.05, 0.1) is 5.60 Å². The van der Waals surface area contributed by atoms with Crippen LogP contribution < -0.4 is 16.0 Å². The molecule has 0 unspecified atom stereocenters. The highest BCUT2D eigenvalue weighted by Crippen LogP contribution is 2.25. The van der Waals surface area contributed by atoms with Crippen LogP contribution in [0.2, 0.25) is 0 Å². The van der Waals surface area contributed by atoms with Gasteiger partial charge in [-0.3, -0.25) is 4.40 Å². The normalized spacial score (nSPS) is 13.0. The van der Waals surface area contributed by atoms with E-state index in [1.165, 1.54) is 22.8 Å². The quantitative estimate of drug-likeness (QED) is 0.524. The summed E-state index contributed by atoms with van der Waals surface area (Å²) in [6.07, 6.45) is 1.63. The van der Waals surface area contributed by atoms with Crippen LogP contribution >= 0.6 is 11.3 Å². The SMILES string of the molecule is COC(C)(C)CNS(=O)(=O)c1c(NN)nc2sccn12. The highest BCUT2D eigenvalue weighted by atomic mass is 32.2. The zero-order valence-corrected chi connectivity index (χ0v) is 13.0. The number of nitrogens with one attached hydrogen (secondary N) is 2. The van der Waals surface area contributed by atoms with Crippen molar-refractivity contribution < 1.29 is 13.2 Å². The molecule has 2 aromatic heterocycles. The summed E-state index contributed by atoms with van der Waals surface area (Å²) in [6, 6.07) is 0. The number of hydrogen-bond donors (Lipinski definition) is 3. The number of anilines is 1. The van der Waals surface area contributed by atoms with E-state index < -0.39 is 15.6 Å². The Morgan fingerprint density at radius 3 is 2.85 bits per heavy atom. The number of nitrogens with two attached hydrogens (primary N) is 1. The van der Waals surface area contributed by atoms with Crippen LogP contribution in [0.3, 0.4) is 0 Å². The summed E-state index contributed by atoms with van der Waals surface area (Å²) in [5.74, 6) is 5.45. The standard InChI is InChI=1S/C10H17N5O3S2/c1-10(2,18-3)6-12-20(16,17)8-7(14-11)13-9-15(8)4-5-19-9/h4-5,12,14H,6,11H2,1-3H3. The van der Waals surface area contributed by atoms with E-state index in [9.17, 15) is 8.42 Å². The highest BCUT2D eigenvalue weighted by molar-refractivity contribution is 7.89. The number of methoxy groups -OCH3 is 1. The first-order valence-corrected chi connectivity index (χ1v) is 8.14. The van der Waals surface area contributed by atoms with Crippen LogP contribution in [-0.2, 0) is 14.8 Å². The van der Waals surface area contributed by atoms with Crippen molar-refractivity contribution in [3.63, 3.8) is 0 Å². The lowest BCUT2D eigenvalue weighted by molar-refractivity contribution is 0.0276. The molecular formula is C10H17N5O3S2. The van der Waals surface area contributed by atoms with Crippen molar-refractivity contribution in [2.24, 2.45) is 5.84 Å². The maximum absolute atomic E-state index is 12.4. The third-order valence-corrected chi connectivity index (χ3v) is 5.03. The predicted octanol–water partition coefficient (Wildman–Crippen LogP) is 0.385. The zero-order valence-electron chi connectivity index (χ0n) is 11.4. The topological polar surface area (TPSA) is 111 Å². The molecule has 0 atom stereocenters. The second kappa shape index (κ2) is 5.30. The molecule has 0 aromatic carbocycles. The first kappa shape index (κ1) is 15.2. The lowest BCUT2D eigenvalue weighted by Gasteiger charge is -2.22. The van der Waals surface area contributed by atoms with Gasteiger partial charge in [0, 0.05) is 25.2 Å². The molecular weight excluding hydrogens is 302 g/mol. The van der Waals surface area contributed by atoms with E-state index >= 15 is 0 Å². The smallest absolute Gasteiger partial charge is 0.260 e. The van der Waals surface area contributed by atoms with Crippen LogP contribution in [0.1, 0.15) is 13.8 Å². The molecule has 10 heteroatoms. The lowest BCUT2D eigenvalue weighted by Crippen LogP contribution is -2.40. The summed E-state index contributed by atoms with van der Waals surface area (Å²) in [5.41, 5.74) is 1.70. The van der Waals surface area contributed by atoms with Crippen molar-refractivity contribution >= 4 is 32.1 Å². The molecule has 0 saturated carbocycles. The number of nitrogens with zero attached hydrogens (tertiary/aromatic N) is 2. The fourth-order valence-electron chi connectivity index (χ4n) is 1.53. The molecule has 0 aliphatic heterocycles. The Morgan fingerprint density at radius 1 is 1.55 bits per heavy atom. The summed E-state index contributed by atoms with van der Waals surface area (Å²) < 4.78 is 34.0. The van der Waals surface area contributed by atoms with E-state index in [1.807, 2.05) is 0 Å². The molecule has 0 saturated heterocycles. The minimum absolute atomic E-state index is 0.0110. The minimum atomic E-state index is -3.76. The summed E-state index contributed by atoms with van der Waals surface area (Å²) in [7, 11) is -2.24. The maximum atomic E-state index is 12.4. The Kier molecular flexibility index (Phi) is 4.02. The van der Waals surface area contributed by atoms with Crippen molar-refractivity contribution in [3.05, 3.63) is 11.6 Å². The molecule has 0 fully saturated rings. The first-order chi connectivity index (χ1) is 9.30. The summed E-state index contributed by atoms with van der Waals surface area (Å²) >= 11 is 1.32. The van der Waals surface area contributed by atoms with Gasteiger partial charge in [0.2, 0.25) is 5.03 Å². The molecule has 2 heterocycles. The summed E-state index contributed by atoms with van der Waals surface area (Å²) in [5, 5.41) is 1.74. The van der Waals surface area contributed by atoms with Gasteiger partial charge in [0.15, 0.2) is 10.8 Å². The average molecular weight is 319 g/mol. The molecule has 0 radical (unpaired) electrons. The fraction of sp³-hybridized carbons (Fsp3) is 0.500. The van der Waals surface area contributed by atoms with Crippen LogP contribution in [0.4, 0.5) is 5.82 Å². The van der Waals surface area contributed by atoms with Gasteiger partial charge < -0.3 is 10.2 Å². The number of thiazole rings is 1. The van der Waals surface area contributed by atoms with E-state index in [0.29, 0.717) is 4.96 Å². The second-order valence-corrected chi connectivity index (χ2v) is 7.31. The predicted molar refractivity (Wildman–Crippen MR) is 77.2 cm³/mol. The van der Waals surface area contributed by atoms with E-state index in [-0.39, 0.29) is 17.4 Å². The van der Waals surface area contributed by atoms with E-state index in [0.717, 1.165) is 0 Å². The Bertz CT molecular complexity index is 704. The van der Waals surface area contributed by atoms with Gasteiger partial charge in [-0.05, 0) is 13.8 Å². The van der Waals surface area contributed by atoms with Crippen LogP contribution in [0.5, 0.6) is 0 Å². The molecule has 0 bridgehead atoms. The minimum Gasteiger partial charge on any atom is -0.377 e. The van der Waals surface area contributed by atoms with Gasteiger partial charge in [0.1, 0.15) is 0 Å². The first-order valence-electron chi connectivity index (χ1n) is 5.78. The van der Waals surface area contributed by atoms with Crippen molar-refractivity contribution in [1.82, 2.24) is 14.1 Å². The van der Waals surface area contributed by atoms with E-state index in [1.54, 1.807) is 25.4 Å². The molecule has 0 amide bonds. The summed E-state index contributed by atoms with van der Waals surface area (Å²) in [4.78, 5) is 4.66. The number of nitrogen functional groups attached to an aromatic ring is 1. The molecule has 2 aromatic rings. The van der Waals surface area contributed by atoms with Gasteiger partial charge in [-0.15, -0.1) is 11.3 Å². The molecule has 2 rings (SSSR count). The largest absolute Gasteiger partial charge is 0.377 e. The number of aromatic nitrogens is 2. The van der Waals surface area contributed by atoms with Crippen molar-refractivity contribution in [1.29, 1.82) is 0 Å². The Labute approximate surface area is 121 Å². The van der Waals surface area contributed by atoms with Crippen LogP contribution in [0, 0.1) is 0 Å². The monoisotopic (exact) mass is 319 g/mol. The number of imidazole rings is 1. The molecule has 112 valence electrons. The van der Waals surface area contributed by atoms with E-state index in [2.05, 4.69) is 15.1 Å². The van der Waals surface area contributed by atoms with Crippen LogP contribution in [-0.4, -0.2) is 37.1 Å². The Morgan fingerprint density at radius 2 is 2.25 bits per heavy atom. The number of sulfonamides is 1. The Hall–Kier alpha value is -1.20. The zero-order chi connectivity index (χ0) is 15.0. The number of hydrazine groups is 1. The van der Waals surface area contributed by atoms with Crippen molar-refractivity contribution in [2.45, 2.75) is 24.5 Å². The molecule has 0 aliphatic carbocycles. The third kappa shape index (κ3) is 2.79. The maximum Gasteiger partial charge on any atom is 0.260 e. The van der Waals surface area contributed by atoms with E-state index in [4.69, 9.17) is 10.6 Å². The van der Waals surface area contributed by atoms with Crippen LogP contribution in [0.25, 0.3) is 4.96 Å². The van der Waals surface area contributed by atoms with Gasteiger partial charge in [-0.2, -0.15) is 4.98 Å². The number of hydrogen-bond acceptors (Lipinski definition) is 7.